The monoisotopic (exact) mass is 508 g/mol. The second-order valence-electron chi connectivity index (χ2n) is 9.72. The molecule has 0 unspecified atom stereocenters. The van der Waals surface area contributed by atoms with E-state index in [9.17, 15) is 0 Å². The molecule has 0 aromatic heterocycles. The number of rotatable bonds is 14. The van der Waals surface area contributed by atoms with E-state index in [1.54, 1.807) is 0 Å². The first-order chi connectivity index (χ1) is 18.8. The lowest BCUT2D eigenvalue weighted by Gasteiger charge is -2.32. The molecule has 0 saturated carbocycles. The smallest absolute Gasteiger partial charge is 0.119 e. The van der Waals surface area contributed by atoms with Gasteiger partial charge < -0.3 is 18.9 Å². The summed E-state index contributed by atoms with van der Waals surface area (Å²) in [7, 11) is 0. The molecular formula is C34H36O4. The third-order valence-electron chi connectivity index (χ3n) is 7.25. The fraction of sp³-hybridized carbons (Fsp3) is 0.294. The SMILES string of the molecule is Cc1ccc2c(c1)C(CCOCCOc1ccccc1)(CCOCCOc1ccccc1)c1ccccc1-2. The first-order valence-corrected chi connectivity index (χ1v) is 13.5. The molecule has 38 heavy (non-hydrogen) atoms. The molecule has 0 radical (unpaired) electrons. The van der Waals surface area contributed by atoms with E-state index < -0.39 is 0 Å². The number of hydrogen-bond donors (Lipinski definition) is 0. The van der Waals surface area contributed by atoms with Gasteiger partial charge in [0.25, 0.3) is 0 Å². The number of ether oxygens (including phenoxy) is 4. The van der Waals surface area contributed by atoms with Crippen LogP contribution in [0.2, 0.25) is 0 Å². The fourth-order valence-corrected chi connectivity index (χ4v) is 5.40. The normalized spacial score (nSPS) is 13.1. The van der Waals surface area contributed by atoms with Crippen LogP contribution in [0.5, 0.6) is 11.5 Å². The van der Waals surface area contributed by atoms with Crippen molar-refractivity contribution in [1.29, 1.82) is 0 Å². The van der Waals surface area contributed by atoms with Crippen LogP contribution < -0.4 is 9.47 Å². The summed E-state index contributed by atoms with van der Waals surface area (Å²) in [4.78, 5) is 0. The first-order valence-electron chi connectivity index (χ1n) is 13.5. The zero-order valence-corrected chi connectivity index (χ0v) is 22.1. The predicted octanol–water partition coefficient (Wildman–Crippen LogP) is 7.23. The minimum atomic E-state index is -0.154. The maximum absolute atomic E-state index is 6.11. The van der Waals surface area contributed by atoms with Gasteiger partial charge in [-0.2, -0.15) is 0 Å². The summed E-state index contributed by atoms with van der Waals surface area (Å²) in [5.74, 6) is 1.74. The van der Waals surface area contributed by atoms with E-state index in [0.29, 0.717) is 39.6 Å². The molecule has 196 valence electrons. The molecule has 1 aliphatic carbocycles. The molecule has 4 aromatic carbocycles. The van der Waals surface area contributed by atoms with Gasteiger partial charge in [0, 0.05) is 18.6 Å². The van der Waals surface area contributed by atoms with E-state index in [2.05, 4.69) is 49.4 Å². The fourth-order valence-electron chi connectivity index (χ4n) is 5.40. The van der Waals surface area contributed by atoms with E-state index in [4.69, 9.17) is 18.9 Å². The summed E-state index contributed by atoms with van der Waals surface area (Å²) in [5.41, 5.74) is 6.52. The largest absolute Gasteiger partial charge is 0.491 e. The number of fused-ring (bicyclic) bond motifs is 3. The van der Waals surface area contributed by atoms with Crippen LogP contribution in [-0.4, -0.2) is 39.6 Å². The topological polar surface area (TPSA) is 36.9 Å². The molecule has 4 aromatic rings. The molecule has 4 heteroatoms. The second kappa shape index (κ2) is 12.8. The minimum absolute atomic E-state index is 0.154. The number of para-hydroxylation sites is 2. The summed E-state index contributed by atoms with van der Waals surface area (Å²) in [5, 5.41) is 0. The molecule has 0 amide bonds. The highest BCUT2D eigenvalue weighted by atomic mass is 16.5. The lowest BCUT2D eigenvalue weighted by atomic mass is 9.73. The molecule has 0 aliphatic heterocycles. The Balaban J connectivity index is 1.23. The summed E-state index contributed by atoms with van der Waals surface area (Å²) < 4.78 is 23.8. The van der Waals surface area contributed by atoms with Gasteiger partial charge in [0.1, 0.15) is 24.7 Å². The Morgan fingerprint density at radius 3 is 1.63 bits per heavy atom. The Bertz CT molecular complexity index is 1230. The standard InChI is InChI=1S/C34H36O4/c1-27-16-17-31-30-14-8-9-15-32(30)34(33(31)26-27,18-20-35-22-24-37-28-10-4-2-5-11-28)19-21-36-23-25-38-29-12-6-3-7-13-29/h2-17,26H,18-25H2,1H3. The van der Waals surface area contributed by atoms with Crippen molar-refractivity contribution in [3.63, 3.8) is 0 Å². The highest BCUT2D eigenvalue weighted by Crippen LogP contribution is 2.52. The van der Waals surface area contributed by atoms with E-state index >= 15 is 0 Å². The average molecular weight is 509 g/mol. The lowest BCUT2D eigenvalue weighted by Crippen LogP contribution is -2.30. The third kappa shape index (κ3) is 6.09. The molecule has 0 bridgehead atoms. The molecule has 0 fully saturated rings. The molecule has 0 saturated heterocycles. The van der Waals surface area contributed by atoms with Gasteiger partial charge in [-0.25, -0.2) is 0 Å². The quantitative estimate of drug-likeness (QED) is 0.168. The Kier molecular flexibility index (Phi) is 8.75. The van der Waals surface area contributed by atoms with E-state index in [1.807, 2.05) is 60.7 Å². The van der Waals surface area contributed by atoms with Gasteiger partial charge in [-0.3, -0.25) is 0 Å². The van der Waals surface area contributed by atoms with Gasteiger partial charge in [0.05, 0.1) is 13.2 Å². The molecular weight excluding hydrogens is 472 g/mol. The van der Waals surface area contributed by atoms with E-state index in [1.165, 1.54) is 27.8 Å². The van der Waals surface area contributed by atoms with Crippen molar-refractivity contribution in [2.45, 2.75) is 25.2 Å². The zero-order valence-electron chi connectivity index (χ0n) is 22.1. The number of benzene rings is 4. The molecule has 0 spiro atoms. The zero-order chi connectivity index (χ0) is 26.0. The molecule has 5 rings (SSSR count). The Morgan fingerprint density at radius 1 is 0.500 bits per heavy atom. The van der Waals surface area contributed by atoms with Crippen molar-refractivity contribution in [3.05, 3.63) is 120 Å². The van der Waals surface area contributed by atoms with Crippen molar-refractivity contribution in [1.82, 2.24) is 0 Å². The highest BCUT2D eigenvalue weighted by molar-refractivity contribution is 5.81. The van der Waals surface area contributed by atoms with Gasteiger partial charge >= 0.3 is 0 Å². The van der Waals surface area contributed by atoms with Crippen LogP contribution in [0, 0.1) is 6.92 Å². The number of aryl methyl sites for hydroxylation is 1. The van der Waals surface area contributed by atoms with Crippen molar-refractivity contribution in [3.8, 4) is 22.6 Å². The Morgan fingerprint density at radius 2 is 1.03 bits per heavy atom. The number of hydrogen-bond acceptors (Lipinski definition) is 4. The van der Waals surface area contributed by atoms with Crippen molar-refractivity contribution in [2.24, 2.45) is 0 Å². The van der Waals surface area contributed by atoms with Gasteiger partial charge in [-0.15, -0.1) is 0 Å². The van der Waals surface area contributed by atoms with Crippen molar-refractivity contribution >= 4 is 0 Å². The minimum Gasteiger partial charge on any atom is -0.491 e. The Labute approximate surface area is 226 Å². The van der Waals surface area contributed by atoms with Crippen LogP contribution in [0.15, 0.2) is 103 Å². The lowest BCUT2D eigenvalue weighted by molar-refractivity contribution is 0.0706. The van der Waals surface area contributed by atoms with Crippen molar-refractivity contribution in [2.75, 3.05) is 39.6 Å². The van der Waals surface area contributed by atoms with Gasteiger partial charge in [-0.1, -0.05) is 84.4 Å². The molecule has 1 aliphatic rings. The summed E-state index contributed by atoms with van der Waals surface area (Å²) in [6.07, 6.45) is 1.77. The first kappa shape index (κ1) is 26.0. The van der Waals surface area contributed by atoms with Gasteiger partial charge in [0.15, 0.2) is 0 Å². The highest BCUT2D eigenvalue weighted by Gasteiger charge is 2.42. The van der Waals surface area contributed by atoms with E-state index in [0.717, 1.165) is 24.3 Å². The van der Waals surface area contributed by atoms with Crippen LogP contribution in [0.1, 0.15) is 29.5 Å². The molecule has 0 N–H and O–H groups in total. The van der Waals surface area contributed by atoms with Crippen LogP contribution in [0.3, 0.4) is 0 Å². The Hall–Kier alpha value is -3.60. The van der Waals surface area contributed by atoms with Crippen LogP contribution in [-0.2, 0) is 14.9 Å². The predicted molar refractivity (Wildman–Crippen MR) is 152 cm³/mol. The van der Waals surface area contributed by atoms with Gasteiger partial charge in [-0.05, 0) is 66.3 Å². The van der Waals surface area contributed by atoms with Crippen molar-refractivity contribution < 1.29 is 18.9 Å². The van der Waals surface area contributed by atoms with Crippen LogP contribution in [0.4, 0.5) is 0 Å². The summed E-state index contributed by atoms with van der Waals surface area (Å²) >= 11 is 0. The van der Waals surface area contributed by atoms with Crippen LogP contribution in [0.25, 0.3) is 11.1 Å². The molecule has 4 nitrogen and oxygen atoms in total. The summed E-state index contributed by atoms with van der Waals surface area (Å²) in [6, 6.07) is 35.4. The maximum atomic E-state index is 6.11. The molecule has 0 heterocycles. The van der Waals surface area contributed by atoms with Gasteiger partial charge in [0.2, 0.25) is 0 Å². The third-order valence-corrected chi connectivity index (χ3v) is 7.25. The maximum Gasteiger partial charge on any atom is 0.119 e. The summed E-state index contributed by atoms with van der Waals surface area (Å²) in [6.45, 7) is 5.65. The molecule has 0 atom stereocenters. The second-order valence-corrected chi connectivity index (χ2v) is 9.72. The average Bonchev–Trinajstić information content (AvgIpc) is 3.22. The van der Waals surface area contributed by atoms with E-state index in [-0.39, 0.29) is 5.41 Å². The van der Waals surface area contributed by atoms with Crippen LogP contribution >= 0.6 is 0 Å².